The molecule has 5 heteroatoms. The molecular weight excluding hydrogens is 268 g/mol. The van der Waals surface area contributed by atoms with Crippen molar-refractivity contribution in [2.45, 2.75) is 33.4 Å². The third kappa shape index (κ3) is 5.55. The number of rotatable bonds is 7. The minimum absolute atomic E-state index is 0.252. The van der Waals surface area contributed by atoms with E-state index in [0.29, 0.717) is 6.54 Å². The van der Waals surface area contributed by atoms with E-state index >= 15 is 0 Å². The molecule has 0 aromatic heterocycles. The van der Waals surface area contributed by atoms with Gasteiger partial charge in [0.15, 0.2) is 0 Å². The van der Waals surface area contributed by atoms with Gasteiger partial charge in [0.1, 0.15) is 6.04 Å². The fourth-order valence-electron chi connectivity index (χ4n) is 2.15. The first-order chi connectivity index (χ1) is 9.72. The van der Waals surface area contributed by atoms with Crippen LogP contribution in [0.2, 0.25) is 0 Å². The number of carboxylic acids is 1. The van der Waals surface area contributed by atoms with E-state index in [1.165, 1.54) is 12.5 Å². The third-order valence-electron chi connectivity index (χ3n) is 3.29. The summed E-state index contributed by atoms with van der Waals surface area (Å²) in [5, 5.41) is 11.4. The maximum absolute atomic E-state index is 12.2. The lowest BCUT2D eigenvalue weighted by Gasteiger charge is -2.30. The number of nitrogens with zero attached hydrogens (tertiary/aromatic N) is 1. The van der Waals surface area contributed by atoms with E-state index in [4.69, 9.17) is 5.11 Å². The minimum Gasteiger partial charge on any atom is -0.480 e. The summed E-state index contributed by atoms with van der Waals surface area (Å²) in [6.07, 6.45) is 0. The van der Waals surface area contributed by atoms with E-state index < -0.39 is 17.4 Å². The zero-order chi connectivity index (χ0) is 16.0. The van der Waals surface area contributed by atoms with E-state index in [0.717, 1.165) is 6.54 Å². The van der Waals surface area contributed by atoms with Crippen LogP contribution in [0.1, 0.15) is 26.3 Å². The highest BCUT2D eigenvalue weighted by Crippen LogP contribution is 2.18. The Bertz CT molecular complexity index is 486. The summed E-state index contributed by atoms with van der Waals surface area (Å²) < 4.78 is 0. The Hall–Kier alpha value is -1.88. The predicted octanol–water partition coefficient (Wildman–Crippen LogP) is 1.73. The van der Waals surface area contributed by atoms with Crippen LogP contribution in [0.4, 0.5) is 0 Å². The summed E-state index contributed by atoms with van der Waals surface area (Å²) >= 11 is 0. The van der Waals surface area contributed by atoms with Crippen molar-refractivity contribution in [3.05, 3.63) is 35.9 Å². The van der Waals surface area contributed by atoms with Gasteiger partial charge >= 0.3 is 5.97 Å². The fourth-order valence-corrected chi connectivity index (χ4v) is 2.15. The lowest BCUT2D eigenvalue weighted by atomic mass is 9.91. The highest BCUT2D eigenvalue weighted by molar-refractivity contribution is 5.86. The summed E-state index contributed by atoms with van der Waals surface area (Å²) in [4.78, 5) is 25.0. The van der Waals surface area contributed by atoms with Gasteiger partial charge in [-0.05, 0) is 33.4 Å². The number of amides is 1. The van der Waals surface area contributed by atoms with Crippen molar-refractivity contribution in [1.82, 2.24) is 10.2 Å². The number of carboxylic acid groups (broad SMARTS) is 1. The van der Waals surface area contributed by atoms with Gasteiger partial charge in [0, 0.05) is 13.1 Å². The topological polar surface area (TPSA) is 69.6 Å². The second kappa shape index (κ2) is 7.22. The monoisotopic (exact) mass is 292 g/mol. The summed E-state index contributed by atoms with van der Waals surface area (Å²) in [6, 6.07) is 9.13. The number of carbonyl (C=O) groups is 2. The van der Waals surface area contributed by atoms with Crippen LogP contribution in [0.15, 0.2) is 30.3 Å². The van der Waals surface area contributed by atoms with E-state index in [1.807, 2.05) is 51.2 Å². The maximum Gasteiger partial charge on any atom is 0.325 e. The molecule has 0 aliphatic heterocycles. The van der Waals surface area contributed by atoms with Crippen LogP contribution in [-0.2, 0) is 16.1 Å². The first kappa shape index (κ1) is 17.2. The molecule has 0 saturated heterocycles. The molecule has 1 aromatic rings. The normalized spacial score (nSPS) is 13.0. The Kier molecular flexibility index (Phi) is 5.90. The number of carbonyl (C=O) groups excluding carboxylic acids is 1. The first-order valence-electron chi connectivity index (χ1n) is 6.98. The van der Waals surface area contributed by atoms with Crippen LogP contribution in [-0.4, -0.2) is 41.5 Å². The smallest absolute Gasteiger partial charge is 0.325 e. The molecule has 2 N–H and O–H groups in total. The standard InChI is InChI=1S/C16H24N2O3/c1-12(14(19)20)17-15(21)16(2,3)11-18(4)10-13-8-6-5-7-9-13/h5-9,12H,10-11H2,1-4H3,(H,17,21)(H,19,20). The molecule has 1 atom stereocenters. The predicted molar refractivity (Wildman–Crippen MR) is 81.8 cm³/mol. The molecule has 21 heavy (non-hydrogen) atoms. The Morgan fingerprint density at radius 2 is 1.86 bits per heavy atom. The van der Waals surface area contributed by atoms with E-state index in [2.05, 4.69) is 10.2 Å². The molecule has 5 nitrogen and oxygen atoms in total. The zero-order valence-electron chi connectivity index (χ0n) is 13.1. The van der Waals surface area contributed by atoms with Gasteiger partial charge in [-0.3, -0.25) is 9.59 Å². The lowest BCUT2D eigenvalue weighted by Crippen LogP contribution is -2.48. The lowest BCUT2D eigenvalue weighted by molar-refractivity contribution is -0.143. The van der Waals surface area contributed by atoms with Crippen LogP contribution in [0.5, 0.6) is 0 Å². The van der Waals surface area contributed by atoms with Crippen LogP contribution in [0.25, 0.3) is 0 Å². The van der Waals surface area contributed by atoms with Gasteiger partial charge in [-0.15, -0.1) is 0 Å². The van der Waals surface area contributed by atoms with Crippen LogP contribution in [0, 0.1) is 5.41 Å². The molecule has 1 amide bonds. The van der Waals surface area contributed by atoms with Crippen molar-refractivity contribution in [3.8, 4) is 0 Å². The van der Waals surface area contributed by atoms with Crippen LogP contribution >= 0.6 is 0 Å². The van der Waals surface area contributed by atoms with E-state index in [-0.39, 0.29) is 5.91 Å². The Labute approximate surface area is 126 Å². The van der Waals surface area contributed by atoms with Crippen molar-refractivity contribution in [2.75, 3.05) is 13.6 Å². The molecule has 1 unspecified atom stereocenters. The van der Waals surface area contributed by atoms with Crippen molar-refractivity contribution < 1.29 is 14.7 Å². The highest BCUT2D eigenvalue weighted by atomic mass is 16.4. The number of hydrogen-bond donors (Lipinski definition) is 2. The van der Waals surface area contributed by atoms with Crippen molar-refractivity contribution in [2.24, 2.45) is 5.41 Å². The van der Waals surface area contributed by atoms with Gasteiger partial charge in [0.05, 0.1) is 5.41 Å². The molecule has 116 valence electrons. The summed E-state index contributed by atoms with van der Waals surface area (Å²) in [7, 11) is 1.95. The SMILES string of the molecule is CC(NC(=O)C(C)(C)CN(C)Cc1ccccc1)C(=O)O. The summed E-state index contributed by atoms with van der Waals surface area (Å²) in [6.45, 7) is 6.38. The number of nitrogens with one attached hydrogen (secondary N) is 1. The second-order valence-electron chi connectivity index (χ2n) is 6.08. The minimum atomic E-state index is -1.03. The number of hydrogen-bond acceptors (Lipinski definition) is 3. The largest absolute Gasteiger partial charge is 0.480 e. The average molecular weight is 292 g/mol. The van der Waals surface area contributed by atoms with Gasteiger partial charge in [-0.2, -0.15) is 0 Å². The molecule has 0 aliphatic carbocycles. The van der Waals surface area contributed by atoms with Gasteiger partial charge in [-0.25, -0.2) is 0 Å². The molecule has 0 bridgehead atoms. The van der Waals surface area contributed by atoms with Gasteiger partial charge < -0.3 is 15.3 Å². The van der Waals surface area contributed by atoms with Crippen molar-refractivity contribution in [1.29, 1.82) is 0 Å². The van der Waals surface area contributed by atoms with E-state index in [9.17, 15) is 9.59 Å². The van der Waals surface area contributed by atoms with E-state index in [1.54, 1.807) is 0 Å². The van der Waals surface area contributed by atoms with Crippen LogP contribution in [0.3, 0.4) is 0 Å². The molecule has 0 radical (unpaired) electrons. The molecule has 0 saturated carbocycles. The molecule has 0 fully saturated rings. The molecule has 0 spiro atoms. The molecule has 0 aliphatic rings. The first-order valence-corrected chi connectivity index (χ1v) is 6.98. The molecular formula is C16H24N2O3. The second-order valence-corrected chi connectivity index (χ2v) is 6.08. The molecule has 1 rings (SSSR count). The molecule has 0 heterocycles. The molecule has 1 aromatic carbocycles. The Morgan fingerprint density at radius 3 is 2.38 bits per heavy atom. The summed E-state index contributed by atoms with van der Waals surface area (Å²) in [5.41, 5.74) is 0.517. The zero-order valence-corrected chi connectivity index (χ0v) is 13.1. The highest BCUT2D eigenvalue weighted by Gasteiger charge is 2.31. The summed E-state index contributed by atoms with van der Waals surface area (Å²) in [5.74, 6) is -1.28. The quantitative estimate of drug-likeness (QED) is 0.803. The Balaban J connectivity index is 2.58. The van der Waals surface area contributed by atoms with Gasteiger partial charge in [0.25, 0.3) is 0 Å². The van der Waals surface area contributed by atoms with Crippen molar-refractivity contribution in [3.63, 3.8) is 0 Å². The van der Waals surface area contributed by atoms with Gasteiger partial charge in [-0.1, -0.05) is 30.3 Å². The average Bonchev–Trinajstić information content (AvgIpc) is 2.38. The van der Waals surface area contributed by atoms with Crippen molar-refractivity contribution >= 4 is 11.9 Å². The van der Waals surface area contributed by atoms with Crippen LogP contribution < -0.4 is 5.32 Å². The maximum atomic E-state index is 12.2. The third-order valence-corrected chi connectivity index (χ3v) is 3.29. The van der Waals surface area contributed by atoms with Gasteiger partial charge in [0.2, 0.25) is 5.91 Å². The number of aliphatic carboxylic acids is 1. The fraction of sp³-hybridized carbons (Fsp3) is 0.500. The number of benzene rings is 1. The Morgan fingerprint density at radius 1 is 1.29 bits per heavy atom.